The molecule has 8 heteroatoms. The Morgan fingerprint density at radius 1 is 1.17 bits per heavy atom. The zero-order valence-electron chi connectivity index (χ0n) is 14.8. The molecule has 148 valence electrons. The fraction of sp³-hybridized carbons (Fsp3) is 0.238. The molecular weight excluding hydrogens is 407 g/mol. The molecular formula is C21H13ClF3NO3. The molecule has 0 spiro atoms. The highest BCUT2D eigenvalue weighted by Crippen LogP contribution is 2.40. The van der Waals surface area contributed by atoms with Crippen LogP contribution >= 0.6 is 11.6 Å². The van der Waals surface area contributed by atoms with Crippen molar-refractivity contribution in [3.05, 3.63) is 63.3 Å². The van der Waals surface area contributed by atoms with E-state index < -0.39 is 11.7 Å². The zero-order chi connectivity index (χ0) is 20.8. The van der Waals surface area contributed by atoms with Gasteiger partial charge in [-0.05, 0) is 30.3 Å². The molecule has 1 aromatic heterocycles. The quantitative estimate of drug-likeness (QED) is 0.537. The van der Waals surface area contributed by atoms with Gasteiger partial charge in [0.2, 0.25) is 0 Å². The second kappa shape index (κ2) is 7.12. The van der Waals surface area contributed by atoms with Crippen LogP contribution in [-0.4, -0.2) is 6.10 Å². The lowest BCUT2D eigenvalue weighted by molar-refractivity contribution is -0.137. The standard InChI is InChI=1S/C21H13ClF3NO3/c22-16-3-1-2-14-17(27)9-19(29-20(14)16)15-5-4-12(21(23,24)25)8-18(15)28-13-6-11(7-13)10-26/h1-5,8-9,11,13H,6-7H2. The molecule has 29 heavy (non-hydrogen) atoms. The first-order chi connectivity index (χ1) is 13.8. The fourth-order valence-electron chi connectivity index (χ4n) is 3.22. The number of alkyl halides is 3. The van der Waals surface area contributed by atoms with Gasteiger partial charge in [-0.15, -0.1) is 0 Å². The van der Waals surface area contributed by atoms with Crippen LogP contribution < -0.4 is 10.2 Å². The van der Waals surface area contributed by atoms with Crippen LogP contribution in [0.1, 0.15) is 18.4 Å². The predicted octanol–water partition coefficient (Wildman–Crippen LogP) is 5.81. The van der Waals surface area contributed by atoms with Crippen molar-refractivity contribution < 1.29 is 22.3 Å². The van der Waals surface area contributed by atoms with Crippen molar-refractivity contribution in [2.24, 2.45) is 5.92 Å². The third-order valence-electron chi connectivity index (χ3n) is 4.85. The molecule has 4 nitrogen and oxygen atoms in total. The average molecular weight is 420 g/mol. The van der Waals surface area contributed by atoms with E-state index in [0.717, 1.165) is 12.1 Å². The van der Waals surface area contributed by atoms with Crippen LogP contribution in [0.15, 0.2) is 51.7 Å². The number of benzene rings is 2. The topological polar surface area (TPSA) is 63.2 Å². The number of halogens is 4. The minimum atomic E-state index is -4.56. The van der Waals surface area contributed by atoms with Crippen LogP contribution in [0.4, 0.5) is 13.2 Å². The molecule has 0 bridgehead atoms. The van der Waals surface area contributed by atoms with Crippen LogP contribution in [0, 0.1) is 17.2 Å². The number of nitrogens with zero attached hydrogens (tertiary/aromatic N) is 1. The van der Waals surface area contributed by atoms with Gasteiger partial charge in [-0.3, -0.25) is 4.79 Å². The maximum atomic E-state index is 13.2. The zero-order valence-corrected chi connectivity index (χ0v) is 15.6. The Hall–Kier alpha value is -2.98. The Morgan fingerprint density at radius 3 is 2.62 bits per heavy atom. The van der Waals surface area contributed by atoms with E-state index in [0.29, 0.717) is 12.8 Å². The first-order valence-corrected chi connectivity index (χ1v) is 9.14. The van der Waals surface area contributed by atoms with Gasteiger partial charge in [0.15, 0.2) is 11.0 Å². The molecule has 1 heterocycles. The Bertz CT molecular complexity index is 1190. The van der Waals surface area contributed by atoms with Gasteiger partial charge < -0.3 is 9.15 Å². The number of rotatable bonds is 3. The van der Waals surface area contributed by atoms with Crippen molar-refractivity contribution in [2.45, 2.75) is 25.1 Å². The van der Waals surface area contributed by atoms with E-state index in [-0.39, 0.29) is 50.5 Å². The maximum Gasteiger partial charge on any atom is 0.416 e. The van der Waals surface area contributed by atoms with E-state index in [1.807, 2.05) is 0 Å². The molecule has 1 fully saturated rings. The second-order valence-corrected chi connectivity index (χ2v) is 7.24. The number of para-hydroxylation sites is 1. The number of fused-ring (bicyclic) bond motifs is 1. The summed E-state index contributed by atoms with van der Waals surface area (Å²) in [5, 5.41) is 9.38. The van der Waals surface area contributed by atoms with Gasteiger partial charge in [-0.1, -0.05) is 17.7 Å². The van der Waals surface area contributed by atoms with Crippen molar-refractivity contribution in [1.82, 2.24) is 0 Å². The van der Waals surface area contributed by atoms with Gasteiger partial charge in [-0.2, -0.15) is 18.4 Å². The lowest BCUT2D eigenvalue weighted by Gasteiger charge is -2.31. The highest BCUT2D eigenvalue weighted by molar-refractivity contribution is 6.34. The van der Waals surface area contributed by atoms with Crippen molar-refractivity contribution in [3.63, 3.8) is 0 Å². The molecule has 0 saturated heterocycles. The highest BCUT2D eigenvalue weighted by atomic mass is 35.5. The van der Waals surface area contributed by atoms with Crippen molar-refractivity contribution in [2.75, 3.05) is 0 Å². The SMILES string of the molecule is N#CC1CC(Oc2cc(C(F)(F)F)ccc2-c2cc(=O)c3cccc(Cl)c3o2)C1. The number of ether oxygens (including phenoxy) is 1. The third-order valence-corrected chi connectivity index (χ3v) is 5.15. The van der Waals surface area contributed by atoms with Crippen LogP contribution in [0.5, 0.6) is 5.75 Å². The molecule has 0 aliphatic heterocycles. The van der Waals surface area contributed by atoms with Gasteiger partial charge >= 0.3 is 6.18 Å². The molecule has 0 radical (unpaired) electrons. The van der Waals surface area contributed by atoms with E-state index in [1.165, 1.54) is 12.1 Å². The molecule has 0 amide bonds. The van der Waals surface area contributed by atoms with E-state index in [1.54, 1.807) is 18.2 Å². The molecule has 1 aliphatic rings. The van der Waals surface area contributed by atoms with Crippen molar-refractivity contribution in [1.29, 1.82) is 5.26 Å². The molecule has 2 aromatic carbocycles. The van der Waals surface area contributed by atoms with Crippen LogP contribution in [0.25, 0.3) is 22.3 Å². The van der Waals surface area contributed by atoms with Crippen molar-refractivity contribution in [3.8, 4) is 23.1 Å². The first kappa shape index (κ1) is 19.3. The minimum Gasteiger partial charge on any atom is -0.490 e. The minimum absolute atomic E-state index is 0.0514. The molecule has 0 atom stereocenters. The van der Waals surface area contributed by atoms with Crippen LogP contribution in [0.2, 0.25) is 5.02 Å². The Balaban J connectivity index is 1.82. The predicted molar refractivity (Wildman–Crippen MR) is 101 cm³/mol. The smallest absolute Gasteiger partial charge is 0.416 e. The molecule has 3 aromatic rings. The Kier molecular flexibility index (Phi) is 4.75. The van der Waals surface area contributed by atoms with Gasteiger partial charge in [0, 0.05) is 18.9 Å². The summed E-state index contributed by atoms with van der Waals surface area (Å²) in [5.74, 6) is -0.182. The van der Waals surface area contributed by atoms with Gasteiger partial charge in [0.05, 0.1) is 33.5 Å². The highest BCUT2D eigenvalue weighted by Gasteiger charge is 2.34. The van der Waals surface area contributed by atoms with E-state index >= 15 is 0 Å². The van der Waals surface area contributed by atoms with Crippen LogP contribution in [0.3, 0.4) is 0 Å². The monoisotopic (exact) mass is 419 g/mol. The van der Waals surface area contributed by atoms with E-state index in [2.05, 4.69) is 6.07 Å². The van der Waals surface area contributed by atoms with Gasteiger partial charge in [0.25, 0.3) is 0 Å². The molecule has 1 saturated carbocycles. The summed E-state index contributed by atoms with van der Waals surface area (Å²) in [6.07, 6.45) is -4.07. The first-order valence-electron chi connectivity index (χ1n) is 8.76. The lowest BCUT2D eigenvalue weighted by atomic mass is 9.83. The fourth-order valence-corrected chi connectivity index (χ4v) is 3.44. The normalized spacial score (nSPS) is 18.9. The Morgan fingerprint density at radius 2 is 1.93 bits per heavy atom. The molecule has 0 N–H and O–H groups in total. The molecule has 0 unspecified atom stereocenters. The summed E-state index contributed by atoms with van der Waals surface area (Å²) in [6, 6.07) is 11.0. The second-order valence-electron chi connectivity index (χ2n) is 6.84. The summed E-state index contributed by atoms with van der Waals surface area (Å²) in [5.41, 5.74) is -0.899. The molecule has 4 rings (SSSR count). The summed E-state index contributed by atoms with van der Waals surface area (Å²) in [4.78, 5) is 12.5. The average Bonchev–Trinajstić information content (AvgIpc) is 2.64. The number of hydrogen-bond acceptors (Lipinski definition) is 4. The maximum absolute atomic E-state index is 13.2. The van der Waals surface area contributed by atoms with Crippen molar-refractivity contribution >= 4 is 22.6 Å². The summed E-state index contributed by atoms with van der Waals surface area (Å²) in [7, 11) is 0. The van der Waals surface area contributed by atoms with Gasteiger partial charge in [0.1, 0.15) is 17.6 Å². The summed E-state index contributed by atoms with van der Waals surface area (Å²) >= 11 is 6.12. The lowest BCUT2D eigenvalue weighted by Crippen LogP contribution is -2.33. The number of nitriles is 1. The molecule has 1 aliphatic carbocycles. The van der Waals surface area contributed by atoms with E-state index in [4.69, 9.17) is 26.0 Å². The largest absolute Gasteiger partial charge is 0.490 e. The van der Waals surface area contributed by atoms with E-state index in [9.17, 15) is 18.0 Å². The third kappa shape index (κ3) is 3.68. The van der Waals surface area contributed by atoms with Gasteiger partial charge in [-0.25, -0.2) is 0 Å². The number of hydrogen-bond donors (Lipinski definition) is 0. The van der Waals surface area contributed by atoms with Crippen LogP contribution in [-0.2, 0) is 6.18 Å². The Labute approximate surface area is 168 Å². The summed E-state index contributed by atoms with van der Waals surface area (Å²) in [6.45, 7) is 0. The summed E-state index contributed by atoms with van der Waals surface area (Å²) < 4.78 is 51.1.